The highest BCUT2D eigenvalue weighted by Crippen LogP contribution is 2.21. The molecule has 1 aliphatic heterocycles. The molecule has 0 spiro atoms. The Balaban J connectivity index is 1.68. The number of nitrogens with zero attached hydrogens (tertiary/aromatic N) is 1. The minimum absolute atomic E-state index is 0.0586. The van der Waals surface area contributed by atoms with Crippen molar-refractivity contribution in [2.75, 3.05) is 11.4 Å². The number of hydrogen-bond donors (Lipinski definition) is 1. The summed E-state index contributed by atoms with van der Waals surface area (Å²) in [4.78, 5) is 26.3. The van der Waals surface area contributed by atoms with Gasteiger partial charge in [0, 0.05) is 22.3 Å². The third kappa shape index (κ3) is 3.04. The highest BCUT2D eigenvalue weighted by molar-refractivity contribution is 9.10. The maximum absolute atomic E-state index is 12.4. The topological polar surface area (TPSA) is 49.4 Å². The molecule has 2 aromatic carbocycles. The Bertz CT molecular complexity index is 686. The lowest BCUT2D eigenvalue weighted by Crippen LogP contribution is -2.41. The first-order valence-electron chi connectivity index (χ1n) is 7.08. The molecule has 112 valence electrons. The lowest BCUT2D eigenvalue weighted by molar-refractivity contribution is -0.118. The van der Waals surface area contributed by atoms with Crippen LogP contribution in [0.2, 0.25) is 0 Å². The van der Waals surface area contributed by atoms with Gasteiger partial charge < -0.3 is 10.2 Å². The van der Waals surface area contributed by atoms with Crippen molar-refractivity contribution in [3.63, 3.8) is 0 Å². The number of carbonyl (C=O) groups excluding carboxylic acids is 2. The second-order valence-electron chi connectivity index (χ2n) is 5.15. The van der Waals surface area contributed by atoms with Gasteiger partial charge in [0.1, 0.15) is 6.04 Å². The summed E-state index contributed by atoms with van der Waals surface area (Å²) in [5.74, 6) is -0.280. The Morgan fingerprint density at radius 3 is 2.45 bits per heavy atom. The zero-order valence-electron chi connectivity index (χ0n) is 11.8. The van der Waals surface area contributed by atoms with Gasteiger partial charge in [-0.2, -0.15) is 0 Å². The molecule has 1 N–H and O–H groups in total. The van der Waals surface area contributed by atoms with Gasteiger partial charge in [0.15, 0.2) is 0 Å². The Kier molecular flexibility index (Phi) is 4.24. The van der Waals surface area contributed by atoms with Crippen molar-refractivity contribution in [3.05, 3.63) is 64.6 Å². The van der Waals surface area contributed by atoms with E-state index in [9.17, 15) is 9.59 Å². The fourth-order valence-electron chi connectivity index (χ4n) is 2.52. The third-order valence-electron chi connectivity index (χ3n) is 3.69. The monoisotopic (exact) mass is 358 g/mol. The number of benzene rings is 2. The molecule has 4 nitrogen and oxygen atoms in total. The first-order valence-corrected chi connectivity index (χ1v) is 7.87. The van der Waals surface area contributed by atoms with Crippen LogP contribution in [0.15, 0.2) is 59.1 Å². The molecule has 1 heterocycles. The molecule has 0 bridgehead atoms. The van der Waals surface area contributed by atoms with Crippen LogP contribution < -0.4 is 10.2 Å². The summed E-state index contributed by atoms with van der Waals surface area (Å²) in [6.45, 7) is 0.619. The average Bonchev–Trinajstić information content (AvgIpc) is 2.90. The summed E-state index contributed by atoms with van der Waals surface area (Å²) in [5, 5.41) is 2.82. The fraction of sp³-hybridized carbons (Fsp3) is 0.176. The van der Waals surface area contributed by atoms with Gasteiger partial charge in [0.2, 0.25) is 5.91 Å². The number of amides is 2. The van der Waals surface area contributed by atoms with E-state index in [1.165, 1.54) is 0 Å². The van der Waals surface area contributed by atoms with Gasteiger partial charge in [-0.1, -0.05) is 34.1 Å². The molecule has 0 unspecified atom stereocenters. The Hall–Kier alpha value is -2.14. The largest absolute Gasteiger partial charge is 0.340 e. The molecule has 1 atom stereocenters. The fourth-order valence-corrected chi connectivity index (χ4v) is 2.79. The Labute approximate surface area is 137 Å². The first kappa shape index (κ1) is 14.8. The lowest BCUT2D eigenvalue weighted by atomic mass is 10.2. The van der Waals surface area contributed by atoms with Crippen LogP contribution in [0, 0.1) is 0 Å². The molecule has 0 saturated carbocycles. The third-order valence-corrected chi connectivity index (χ3v) is 4.21. The summed E-state index contributed by atoms with van der Waals surface area (Å²) in [7, 11) is 0. The molecule has 1 aliphatic rings. The van der Waals surface area contributed by atoms with Crippen molar-refractivity contribution < 1.29 is 9.59 Å². The van der Waals surface area contributed by atoms with Crippen molar-refractivity contribution in [1.82, 2.24) is 5.32 Å². The maximum atomic E-state index is 12.4. The highest BCUT2D eigenvalue weighted by Gasteiger charge is 2.33. The number of anilines is 1. The summed E-state index contributed by atoms with van der Waals surface area (Å²) < 4.78 is 0.913. The van der Waals surface area contributed by atoms with Gasteiger partial charge in [0.05, 0.1) is 0 Å². The van der Waals surface area contributed by atoms with Crippen LogP contribution in [-0.2, 0) is 4.79 Å². The van der Waals surface area contributed by atoms with E-state index in [-0.39, 0.29) is 11.8 Å². The summed E-state index contributed by atoms with van der Waals surface area (Å²) >= 11 is 3.33. The molecular weight excluding hydrogens is 344 g/mol. The normalized spacial score (nSPS) is 17.6. The predicted molar refractivity (Wildman–Crippen MR) is 88.8 cm³/mol. The molecule has 0 radical (unpaired) electrons. The van der Waals surface area contributed by atoms with Gasteiger partial charge in [0.25, 0.3) is 5.91 Å². The van der Waals surface area contributed by atoms with Crippen LogP contribution in [0.25, 0.3) is 0 Å². The van der Waals surface area contributed by atoms with E-state index in [0.29, 0.717) is 18.5 Å². The van der Waals surface area contributed by atoms with Crippen molar-refractivity contribution in [1.29, 1.82) is 0 Å². The minimum atomic E-state index is -0.462. The molecule has 22 heavy (non-hydrogen) atoms. The second-order valence-corrected chi connectivity index (χ2v) is 6.06. The molecule has 0 aliphatic carbocycles. The number of nitrogens with one attached hydrogen (secondary N) is 1. The molecule has 0 aromatic heterocycles. The summed E-state index contributed by atoms with van der Waals surface area (Å²) in [6.07, 6.45) is 0.621. The van der Waals surface area contributed by atoms with E-state index >= 15 is 0 Å². The lowest BCUT2D eigenvalue weighted by Gasteiger charge is -2.17. The quantitative estimate of drug-likeness (QED) is 0.916. The number of halogens is 1. The van der Waals surface area contributed by atoms with E-state index in [1.54, 1.807) is 17.0 Å². The second kappa shape index (κ2) is 6.32. The zero-order chi connectivity index (χ0) is 15.5. The SMILES string of the molecule is O=C(N[C@@H]1CCN(c2ccccc2)C1=O)c1ccc(Br)cc1. The Morgan fingerprint density at radius 2 is 1.77 bits per heavy atom. The number of para-hydroxylation sites is 1. The predicted octanol–water partition coefficient (Wildman–Crippen LogP) is 2.98. The zero-order valence-corrected chi connectivity index (χ0v) is 13.4. The highest BCUT2D eigenvalue weighted by atomic mass is 79.9. The number of rotatable bonds is 3. The van der Waals surface area contributed by atoms with Gasteiger partial charge in [-0.05, 0) is 42.8 Å². The van der Waals surface area contributed by atoms with Crippen LogP contribution >= 0.6 is 15.9 Å². The van der Waals surface area contributed by atoms with Crippen LogP contribution in [-0.4, -0.2) is 24.4 Å². The van der Waals surface area contributed by atoms with Gasteiger partial charge in [-0.15, -0.1) is 0 Å². The van der Waals surface area contributed by atoms with Gasteiger partial charge in [-0.3, -0.25) is 9.59 Å². The average molecular weight is 359 g/mol. The molecule has 2 aromatic rings. The standard InChI is InChI=1S/C17H15BrN2O2/c18-13-8-6-12(7-9-13)16(21)19-15-10-11-20(17(15)22)14-4-2-1-3-5-14/h1-9,15H,10-11H2,(H,19,21)/t15-/m1/s1. The first-order chi connectivity index (χ1) is 10.6. The number of carbonyl (C=O) groups is 2. The van der Waals surface area contributed by atoms with E-state index in [1.807, 2.05) is 42.5 Å². The molecular formula is C17H15BrN2O2. The van der Waals surface area contributed by atoms with Gasteiger partial charge >= 0.3 is 0 Å². The van der Waals surface area contributed by atoms with Crippen LogP contribution in [0.1, 0.15) is 16.8 Å². The van der Waals surface area contributed by atoms with Gasteiger partial charge in [-0.25, -0.2) is 0 Å². The smallest absolute Gasteiger partial charge is 0.251 e. The van der Waals surface area contributed by atoms with E-state index in [0.717, 1.165) is 10.2 Å². The summed E-state index contributed by atoms with van der Waals surface area (Å²) in [6, 6.07) is 16.1. The van der Waals surface area contributed by atoms with Crippen LogP contribution in [0.5, 0.6) is 0 Å². The maximum Gasteiger partial charge on any atom is 0.251 e. The molecule has 1 saturated heterocycles. The Morgan fingerprint density at radius 1 is 1.09 bits per heavy atom. The van der Waals surface area contributed by atoms with Crippen molar-refractivity contribution in [2.45, 2.75) is 12.5 Å². The van der Waals surface area contributed by atoms with E-state index < -0.39 is 6.04 Å². The molecule has 3 rings (SSSR count). The van der Waals surface area contributed by atoms with Crippen molar-refractivity contribution in [2.24, 2.45) is 0 Å². The van der Waals surface area contributed by atoms with Crippen LogP contribution in [0.3, 0.4) is 0 Å². The van der Waals surface area contributed by atoms with E-state index in [2.05, 4.69) is 21.2 Å². The number of hydrogen-bond acceptors (Lipinski definition) is 2. The molecule has 1 fully saturated rings. The summed E-state index contributed by atoms with van der Waals surface area (Å²) in [5.41, 5.74) is 1.42. The molecule has 2 amide bonds. The minimum Gasteiger partial charge on any atom is -0.340 e. The van der Waals surface area contributed by atoms with Crippen molar-refractivity contribution in [3.8, 4) is 0 Å². The van der Waals surface area contributed by atoms with Crippen molar-refractivity contribution >= 4 is 33.4 Å². The molecule has 5 heteroatoms. The van der Waals surface area contributed by atoms with Crippen LogP contribution in [0.4, 0.5) is 5.69 Å². The van der Waals surface area contributed by atoms with E-state index in [4.69, 9.17) is 0 Å².